The fourth-order valence-electron chi connectivity index (χ4n) is 2.91. The third-order valence-electron chi connectivity index (χ3n) is 4.34. The van der Waals surface area contributed by atoms with Crippen molar-refractivity contribution < 1.29 is 23.7 Å². The van der Waals surface area contributed by atoms with Gasteiger partial charge in [0.1, 0.15) is 11.5 Å². The van der Waals surface area contributed by atoms with E-state index < -0.39 is 5.91 Å². The Morgan fingerprint density at radius 1 is 1.03 bits per heavy atom. The Labute approximate surface area is 172 Å². The normalized spacial score (nSPS) is 11.4. The number of hydrogen-bond acceptors (Lipinski definition) is 6. The van der Waals surface area contributed by atoms with E-state index in [1.807, 2.05) is 16.7 Å². The van der Waals surface area contributed by atoms with Crippen molar-refractivity contribution in [2.45, 2.75) is 6.54 Å². The minimum absolute atomic E-state index is 0.353. The number of ether oxygens (including phenoxy) is 4. The summed E-state index contributed by atoms with van der Waals surface area (Å²) >= 11 is 1.38. The molecule has 0 unspecified atom stereocenters. The van der Waals surface area contributed by atoms with Gasteiger partial charge in [0.2, 0.25) is 0 Å². The number of benzene rings is 2. The number of thiazole rings is 1. The maximum Gasteiger partial charge on any atom is 0.283 e. The molecule has 152 valence electrons. The van der Waals surface area contributed by atoms with Gasteiger partial charge in [-0.25, -0.2) is 0 Å². The van der Waals surface area contributed by atoms with Crippen LogP contribution in [0.1, 0.15) is 10.4 Å². The first-order chi connectivity index (χ1) is 14.1. The maximum absolute atomic E-state index is 12.9. The lowest BCUT2D eigenvalue weighted by Gasteiger charge is -2.08. The molecule has 0 spiro atoms. The number of allylic oxidation sites excluding steroid dienone is 1. The van der Waals surface area contributed by atoms with Crippen LogP contribution < -0.4 is 23.7 Å². The SMILES string of the molecule is C=CCn1c(=NC(=O)c2ccc(OC)cc2OC)sc2cc(OC)c(OC)cc21. The predicted octanol–water partition coefficient (Wildman–Crippen LogP) is 3.66. The second kappa shape index (κ2) is 8.83. The van der Waals surface area contributed by atoms with Crippen molar-refractivity contribution in [3.05, 3.63) is 53.4 Å². The van der Waals surface area contributed by atoms with Crippen LogP contribution in [-0.4, -0.2) is 38.9 Å². The topological polar surface area (TPSA) is 71.3 Å². The first-order valence-electron chi connectivity index (χ1n) is 8.73. The van der Waals surface area contributed by atoms with Gasteiger partial charge in [0.05, 0.1) is 44.2 Å². The van der Waals surface area contributed by atoms with Crippen LogP contribution in [0.4, 0.5) is 0 Å². The number of aromatic nitrogens is 1. The molecule has 0 fully saturated rings. The molecule has 0 bridgehead atoms. The van der Waals surface area contributed by atoms with E-state index in [9.17, 15) is 4.79 Å². The Morgan fingerprint density at radius 2 is 1.72 bits per heavy atom. The van der Waals surface area contributed by atoms with Crippen molar-refractivity contribution in [2.24, 2.45) is 4.99 Å². The zero-order valence-electron chi connectivity index (χ0n) is 16.7. The van der Waals surface area contributed by atoms with Crippen LogP contribution in [0.3, 0.4) is 0 Å². The monoisotopic (exact) mass is 414 g/mol. The smallest absolute Gasteiger partial charge is 0.283 e. The fourth-order valence-corrected chi connectivity index (χ4v) is 3.96. The van der Waals surface area contributed by atoms with E-state index in [0.717, 1.165) is 10.2 Å². The second-order valence-corrected chi connectivity index (χ2v) is 6.95. The van der Waals surface area contributed by atoms with Crippen molar-refractivity contribution in [3.8, 4) is 23.0 Å². The molecule has 0 atom stereocenters. The highest BCUT2D eigenvalue weighted by Gasteiger charge is 2.16. The highest BCUT2D eigenvalue weighted by Crippen LogP contribution is 2.33. The average Bonchev–Trinajstić information content (AvgIpc) is 3.08. The lowest BCUT2D eigenvalue weighted by Crippen LogP contribution is -2.16. The molecule has 0 aliphatic carbocycles. The van der Waals surface area contributed by atoms with Crippen LogP contribution in [0.15, 0.2) is 48.0 Å². The Morgan fingerprint density at radius 3 is 2.34 bits per heavy atom. The minimum Gasteiger partial charge on any atom is -0.497 e. The molecule has 0 aliphatic heterocycles. The Hall–Kier alpha value is -3.26. The van der Waals surface area contributed by atoms with Crippen LogP contribution in [0.2, 0.25) is 0 Å². The molecule has 0 N–H and O–H groups in total. The summed E-state index contributed by atoms with van der Waals surface area (Å²) in [6.07, 6.45) is 1.75. The molecule has 1 aromatic heterocycles. The lowest BCUT2D eigenvalue weighted by molar-refractivity contribution is 0.0995. The molecule has 0 aliphatic rings. The second-order valence-electron chi connectivity index (χ2n) is 5.94. The summed E-state index contributed by atoms with van der Waals surface area (Å²) in [5, 5.41) is 0. The number of fused-ring (bicyclic) bond motifs is 1. The van der Waals surface area contributed by atoms with Crippen molar-refractivity contribution in [1.82, 2.24) is 4.57 Å². The van der Waals surface area contributed by atoms with Gasteiger partial charge in [-0.15, -0.1) is 6.58 Å². The first-order valence-corrected chi connectivity index (χ1v) is 9.55. The van der Waals surface area contributed by atoms with Crippen LogP contribution in [0.5, 0.6) is 23.0 Å². The number of amides is 1. The Balaban J connectivity index is 2.17. The quantitative estimate of drug-likeness (QED) is 0.552. The minimum atomic E-state index is -0.409. The van der Waals surface area contributed by atoms with Crippen molar-refractivity contribution >= 4 is 27.5 Å². The molecular formula is C21H22N2O5S. The Bertz CT molecular complexity index is 1130. The van der Waals surface area contributed by atoms with E-state index in [-0.39, 0.29) is 0 Å². The van der Waals surface area contributed by atoms with Crippen LogP contribution in [0.25, 0.3) is 10.2 Å². The molecule has 0 radical (unpaired) electrons. The molecule has 1 amide bonds. The molecule has 1 heterocycles. The number of carbonyl (C=O) groups excluding carboxylic acids is 1. The summed E-state index contributed by atoms with van der Waals surface area (Å²) in [7, 11) is 6.22. The van der Waals surface area contributed by atoms with Gasteiger partial charge in [-0.2, -0.15) is 4.99 Å². The van der Waals surface area contributed by atoms with E-state index in [1.165, 1.54) is 18.4 Å². The summed E-state index contributed by atoms with van der Waals surface area (Å²) in [5.41, 5.74) is 1.23. The molecule has 3 aromatic rings. The van der Waals surface area contributed by atoms with E-state index in [4.69, 9.17) is 18.9 Å². The standard InChI is InChI=1S/C21H22N2O5S/c1-6-9-23-15-11-17(27-4)18(28-5)12-19(15)29-21(23)22-20(24)14-8-7-13(25-2)10-16(14)26-3/h6-8,10-12H,1,9H2,2-5H3. The van der Waals surface area contributed by atoms with E-state index in [2.05, 4.69) is 11.6 Å². The van der Waals surface area contributed by atoms with E-state index >= 15 is 0 Å². The summed E-state index contributed by atoms with van der Waals surface area (Å²) in [6, 6.07) is 8.73. The molecule has 3 rings (SSSR count). The largest absolute Gasteiger partial charge is 0.497 e. The molecule has 2 aromatic carbocycles. The van der Waals surface area contributed by atoms with Gasteiger partial charge in [-0.05, 0) is 12.1 Å². The number of rotatable bonds is 7. The number of carbonyl (C=O) groups is 1. The number of nitrogens with zero attached hydrogens (tertiary/aromatic N) is 2. The summed E-state index contributed by atoms with van der Waals surface area (Å²) in [6.45, 7) is 4.30. The molecule has 7 nitrogen and oxygen atoms in total. The van der Waals surface area contributed by atoms with E-state index in [0.29, 0.717) is 39.9 Å². The fraction of sp³-hybridized carbons (Fsp3) is 0.238. The molecule has 0 saturated carbocycles. The predicted molar refractivity (Wildman–Crippen MR) is 113 cm³/mol. The molecule has 29 heavy (non-hydrogen) atoms. The van der Waals surface area contributed by atoms with Gasteiger partial charge < -0.3 is 23.5 Å². The molecule has 8 heteroatoms. The van der Waals surface area contributed by atoms with Crippen LogP contribution in [-0.2, 0) is 6.54 Å². The van der Waals surface area contributed by atoms with Crippen LogP contribution in [0, 0.1) is 0 Å². The zero-order valence-corrected chi connectivity index (χ0v) is 17.5. The zero-order chi connectivity index (χ0) is 21.0. The van der Waals surface area contributed by atoms with Gasteiger partial charge >= 0.3 is 0 Å². The van der Waals surface area contributed by atoms with Crippen molar-refractivity contribution in [2.75, 3.05) is 28.4 Å². The average molecular weight is 414 g/mol. The lowest BCUT2D eigenvalue weighted by atomic mass is 10.2. The van der Waals surface area contributed by atoms with E-state index in [1.54, 1.807) is 45.6 Å². The molecule has 0 saturated heterocycles. The van der Waals surface area contributed by atoms with Crippen molar-refractivity contribution in [1.29, 1.82) is 0 Å². The summed E-state index contributed by atoms with van der Waals surface area (Å²) < 4.78 is 24.1. The van der Waals surface area contributed by atoms with Gasteiger partial charge in [0.15, 0.2) is 16.3 Å². The number of hydrogen-bond donors (Lipinski definition) is 0. The third-order valence-corrected chi connectivity index (χ3v) is 5.38. The van der Waals surface area contributed by atoms with Crippen molar-refractivity contribution in [3.63, 3.8) is 0 Å². The summed E-state index contributed by atoms with van der Waals surface area (Å²) in [5.74, 6) is 1.80. The number of methoxy groups -OCH3 is 4. The highest BCUT2D eigenvalue weighted by atomic mass is 32.1. The Kier molecular flexibility index (Phi) is 6.23. The highest BCUT2D eigenvalue weighted by molar-refractivity contribution is 7.16. The first kappa shape index (κ1) is 20.5. The third kappa shape index (κ3) is 3.97. The van der Waals surface area contributed by atoms with Crippen LogP contribution >= 0.6 is 11.3 Å². The summed E-state index contributed by atoms with van der Waals surface area (Å²) in [4.78, 5) is 17.8. The van der Waals surface area contributed by atoms with Gasteiger partial charge in [-0.1, -0.05) is 17.4 Å². The van der Waals surface area contributed by atoms with Gasteiger partial charge in [0, 0.05) is 24.7 Å². The maximum atomic E-state index is 12.9. The van der Waals surface area contributed by atoms with Gasteiger partial charge in [0.25, 0.3) is 5.91 Å². The molecular weight excluding hydrogens is 392 g/mol. The van der Waals surface area contributed by atoms with Gasteiger partial charge in [-0.3, -0.25) is 4.79 Å².